The van der Waals surface area contributed by atoms with Gasteiger partial charge in [-0.05, 0) is 55.0 Å². The first-order valence-electron chi connectivity index (χ1n) is 9.40. The number of para-hydroxylation sites is 1. The van der Waals surface area contributed by atoms with Crippen LogP contribution in [-0.4, -0.2) is 10.5 Å². The largest absolute Gasteiger partial charge is 0.329 e. The van der Waals surface area contributed by atoms with Gasteiger partial charge in [0.15, 0.2) is 0 Å². The van der Waals surface area contributed by atoms with Crippen LogP contribution in [0.4, 0.5) is 0 Å². The molecule has 4 rings (SSSR count). The summed E-state index contributed by atoms with van der Waals surface area (Å²) in [4.78, 5) is 12.6. The molecule has 0 spiro atoms. The zero-order chi connectivity index (χ0) is 18.8. The molecule has 0 fully saturated rings. The molecule has 1 aliphatic heterocycles. The van der Waals surface area contributed by atoms with E-state index in [1.165, 1.54) is 5.57 Å². The van der Waals surface area contributed by atoms with Crippen LogP contribution in [0, 0.1) is 21.9 Å². The van der Waals surface area contributed by atoms with Gasteiger partial charge in [-0.1, -0.05) is 42.9 Å². The average molecular weight is 375 g/mol. The van der Waals surface area contributed by atoms with Crippen LogP contribution >= 0.6 is 12.2 Å². The molecule has 0 bridgehead atoms. The summed E-state index contributed by atoms with van der Waals surface area (Å²) in [6.07, 6.45) is 7.02. The maximum Gasteiger partial charge on any atom is 0.242 e. The van der Waals surface area contributed by atoms with E-state index in [2.05, 4.69) is 11.4 Å². The highest BCUT2D eigenvalue weighted by molar-refractivity contribution is 7.71. The van der Waals surface area contributed by atoms with Gasteiger partial charge in [-0.15, -0.1) is 0 Å². The number of nitrogens with one attached hydrogen (secondary N) is 1. The van der Waals surface area contributed by atoms with Crippen molar-refractivity contribution in [3.63, 3.8) is 0 Å². The van der Waals surface area contributed by atoms with E-state index in [4.69, 9.17) is 12.2 Å². The van der Waals surface area contributed by atoms with Crippen molar-refractivity contribution in [2.45, 2.75) is 38.0 Å². The molecule has 1 aromatic heterocycles. The van der Waals surface area contributed by atoms with Crippen LogP contribution < -0.4 is 5.32 Å². The average Bonchev–Trinajstić information content (AvgIpc) is 2.93. The second-order valence-electron chi connectivity index (χ2n) is 7.11. The lowest BCUT2D eigenvalue weighted by molar-refractivity contribution is -0.123. The summed E-state index contributed by atoms with van der Waals surface area (Å²) in [6.45, 7) is 0. The smallest absolute Gasteiger partial charge is 0.242 e. The number of carbonyl (C=O) groups is 1. The van der Waals surface area contributed by atoms with Crippen LogP contribution in [0.1, 0.15) is 43.6 Å². The van der Waals surface area contributed by atoms with E-state index < -0.39 is 5.92 Å². The SMILES string of the molecule is N#CC1C(=O)NC2=C(CCCCC2)C1c1cccn(-c2ccccc2)c1=S. The summed E-state index contributed by atoms with van der Waals surface area (Å²) < 4.78 is 2.63. The Bertz CT molecular complexity index is 1000. The van der Waals surface area contributed by atoms with Crippen LogP contribution in [-0.2, 0) is 4.79 Å². The van der Waals surface area contributed by atoms with Gasteiger partial charge in [0.2, 0.25) is 5.91 Å². The lowest BCUT2D eigenvalue weighted by atomic mass is 9.76. The summed E-state index contributed by atoms with van der Waals surface area (Å²) in [5.41, 5.74) is 4.08. The first-order valence-corrected chi connectivity index (χ1v) is 9.81. The van der Waals surface area contributed by atoms with Crippen LogP contribution in [0.2, 0.25) is 0 Å². The van der Waals surface area contributed by atoms with Crippen LogP contribution in [0.15, 0.2) is 59.9 Å². The fourth-order valence-electron chi connectivity index (χ4n) is 4.21. The Labute approximate surface area is 164 Å². The van der Waals surface area contributed by atoms with Gasteiger partial charge >= 0.3 is 0 Å². The molecule has 1 aliphatic carbocycles. The van der Waals surface area contributed by atoms with E-state index in [1.807, 2.05) is 53.2 Å². The maximum absolute atomic E-state index is 12.6. The highest BCUT2D eigenvalue weighted by atomic mass is 32.1. The second kappa shape index (κ2) is 7.50. The van der Waals surface area contributed by atoms with Crippen molar-refractivity contribution >= 4 is 18.1 Å². The molecule has 2 atom stereocenters. The second-order valence-corrected chi connectivity index (χ2v) is 7.50. The molecule has 0 saturated carbocycles. The number of benzene rings is 1. The highest BCUT2D eigenvalue weighted by Crippen LogP contribution is 2.42. The van der Waals surface area contributed by atoms with Crippen LogP contribution in [0.25, 0.3) is 5.69 Å². The van der Waals surface area contributed by atoms with E-state index in [0.29, 0.717) is 4.64 Å². The quantitative estimate of drug-likeness (QED) is 0.769. The number of nitrogens with zero attached hydrogens (tertiary/aromatic N) is 2. The third-order valence-electron chi connectivity index (χ3n) is 5.51. The number of hydrogen-bond acceptors (Lipinski definition) is 3. The molecule has 4 nitrogen and oxygen atoms in total. The number of allylic oxidation sites excluding steroid dienone is 2. The molecule has 0 saturated heterocycles. The van der Waals surface area contributed by atoms with Crippen molar-refractivity contribution in [2.24, 2.45) is 5.92 Å². The fraction of sp³-hybridized carbons (Fsp3) is 0.318. The minimum absolute atomic E-state index is 0.201. The van der Waals surface area contributed by atoms with Crippen molar-refractivity contribution in [2.75, 3.05) is 0 Å². The highest BCUT2D eigenvalue weighted by Gasteiger charge is 2.39. The number of aromatic nitrogens is 1. The fourth-order valence-corrected chi connectivity index (χ4v) is 4.57. The standard InChI is InChI=1S/C22H21N3OS/c23-14-18-20(16-10-5-2-6-12-19(16)24-21(18)26)17-11-7-13-25(22(17)27)15-8-3-1-4-9-15/h1,3-4,7-9,11,13,18,20H,2,5-6,10,12H2,(H,24,26). The Morgan fingerprint density at radius 1 is 1.07 bits per heavy atom. The lowest BCUT2D eigenvalue weighted by Gasteiger charge is -2.32. The Hall–Kier alpha value is -2.71. The summed E-state index contributed by atoms with van der Waals surface area (Å²) in [7, 11) is 0. The Morgan fingerprint density at radius 2 is 1.85 bits per heavy atom. The first kappa shape index (κ1) is 17.7. The zero-order valence-electron chi connectivity index (χ0n) is 15.0. The van der Waals surface area contributed by atoms with Crippen molar-refractivity contribution in [1.29, 1.82) is 5.26 Å². The first-order chi connectivity index (χ1) is 13.2. The molecule has 1 amide bonds. The predicted octanol–water partition coefficient (Wildman–Crippen LogP) is 4.78. The normalized spacial score (nSPS) is 22.4. The monoisotopic (exact) mass is 375 g/mol. The number of rotatable bonds is 2. The molecular formula is C22H21N3OS. The summed E-state index contributed by atoms with van der Waals surface area (Å²) in [5, 5.41) is 12.8. The van der Waals surface area contributed by atoms with Crippen molar-refractivity contribution < 1.29 is 4.79 Å². The summed E-state index contributed by atoms with van der Waals surface area (Å²) in [5.74, 6) is -1.21. The molecule has 2 aromatic rings. The minimum atomic E-state index is -0.741. The van der Waals surface area contributed by atoms with Crippen LogP contribution in [0.5, 0.6) is 0 Å². The number of nitriles is 1. The van der Waals surface area contributed by atoms with Gasteiger partial charge < -0.3 is 9.88 Å². The topological polar surface area (TPSA) is 57.8 Å². The van der Waals surface area contributed by atoms with Gasteiger partial charge in [-0.3, -0.25) is 4.79 Å². The molecule has 2 heterocycles. The number of hydrogen-bond donors (Lipinski definition) is 1. The molecule has 2 aliphatic rings. The van der Waals surface area contributed by atoms with Gasteiger partial charge in [-0.2, -0.15) is 5.26 Å². The zero-order valence-corrected chi connectivity index (χ0v) is 15.8. The Balaban J connectivity index is 1.89. The molecular weight excluding hydrogens is 354 g/mol. The van der Waals surface area contributed by atoms with Gasteiger partial charge in [0.1, 0.15) is 10.6 Å². The van der Waals surface area contributed by atoms with Gasteiger partial charge in [0, 0.05) is 23.5 Å². The molecule has 1 aromatic carbocycles. The third-order valence-corrected chi connectivity index (χ3v) is 5.94. The van der Waals surface area contributed by atoms with E-state index >= 15 is 0 Å². The number of carbonyl (C=O) groups excluding carboxylic acids is 1. The van der Waals surface area contributed by atoms with Gasteiger partial charge in [0.25, 0.3) is 0 Å². The van der Waals surface area contributed by atoms with E-state index in [-0.39, 0.29) is 11.8 Å². The Kier molecular flexibility index (Phi) is 4.91. The lowest BCUT2D eigenvalue weighted by Crippen LogP contribution is -2.39. The molecule has 5 heteroatoms. The molecule has 2 unspecified atom stereocenters. The van der Waals surface area contributed by atoms with Crippen molar-refractivity contribution in [3.05, 3.63) is 70.1 Å². The van der Waals surface area contributed by atoms with Crippen LogP contribution in [0.3, 0.4) is 0 Å². The van der Waals surface area contributed by atoms with Crippen molar-refractivity contribution in [3.8, 4) is 11.8 Å². The predicted molar refractivity (Wildman–Crippen MR) is 107 cm³/mol. The molecule has 1 N–H and O–H groups in total. The van der Waals surface area contributed by atoms with E-state index in [9.17, 15) is 10.1 Å². The third kappa shape index (κ3) is 3.22. The Morgan fingerprint density at radius 3 is 2.63 bits per heavy atom. The van der Waals surface area contributed by atoms with E-state index in [0.717, 1.165) is 49.1 Å². The number of pyridine rings is 1. The summed E-state index contributed by atoms with van der Waals surface area (Å²) in [6, 6.07) is 16.1. The van der Waals surface area contributed by atoms with E-state index in [1.54, 1.807) is 0 Å². The molecule has 27 heavy (non-hydrogen) atoms. The van der Waals surface area contributed by atoms with Gasteiger partial charge in [-0.25, -0.2) is 0 Å². The molecule has 136 valence electrons. The van der Waals surface area contributed by atoms with Crippen molar-refractivity contribution in [1.82, 2.24) is 9.88 Å². The molecule has 0 radical (unpaired) electrons. The number of amides is 1. The maximum atomic E-state index is 12.6. The summed E-state index contributed by atoms with van der Waals surface area (Å²) >= 11 is 5.82. The van der Waals surface area contributed by atoms with Gasteiger partial charge in [0.05, 0.1) is 6.07 Å². The minimum Gasteiger partial charge on any atom is -0.329 e.